The summed E-state index contributed by atoms with van der Waals surface area (Å²) in [5.41, 5.74) is 0.746. The molecule has 1 unspecified atom stereocenters. The van der Waals surface area contributed by atoms with Crippen LogP contribution in [0.15, 0.2) is 24.3 Å². The first-order chi connectivity index (χ1) is 8.08. The first kappa shape index (κ1) is 13.5. The van der Waals surface area contributed by atoms with E-state index in [2.05, 4.69) is 10.6 Å². The fourth-order valence-electron chi connectivity index (χ4n) is 1.69. The van der Waals surface area contributed by atoms with Gasteiger partial charge in [-0.25, -0.2) is 0 Å². The van der Waals surface area contributed by atoms with Crippen molar-refractivity contribution in [2.24, 2.45) is 5.92 Å². The maximum Gasteiger partial charge on any atom is 0.241 e. The normalized spacial score (nSPS) is 12.3. The molecule has 0 aliphatic carbocycles. The van der Waals surface area contributed by atoms with E-state index in [1.165, 1.54) is 0 Å². The first-order valence-corrected chi connectivity index (χ1v) is 5.70. The van der Waals surface area contributed by atoms with Crippen molar-refractivity contribution in [1.82, 2.24) is 5.32 Å². The average Bonchev–Trinajstić information content (AvgIpc) is 2.29. The SMILES string of the molecule is CNC(C(=O)Nc1cccc(OC)c1)C(C)C. The van der Waals surface area contributed by atoms with Crippen LogP contribution in [0.3, 0.4) is 0 Å². The third kappa shape index (κ3) is 3.75. The van der Waals surface area contributed by atoms with Crippen molar-refractivity contribution in [2.45, 2.75) is 19.9 Å². The molecule has 2 N–H and O–H groups in total. The fourth-order valence-corrected chi connectivity index (χ4v) is 1.69. The third-order valence-electron chi connectivity index (χ3n) is 2.60. The highest BCUT2D eigenvalue weighted by Crippen LogP contribution is 2.17. The van der Waals surface area contributed by atoms with E-state index in [0.717, 1.165) is 11.4 Å². The van der Waals surface area contributed by atoms with Gasteiger partial charge >= 0.3 is 0 Å². The zero-order valence-electron chi connectivity index (χ0n) is 10.8. The zero-order valence-corrected chi connectivity index (χ0v) is 10.8. The topological polar surface area (TPSA) is 50.4 Å². The molecular weight excluding hydrogens is 216 g/mol. The number of carbonyl (C=O) groups excluding carboxylic acids is 1. The minimum absolute atomic E-state index is 0.0317. The van der Waals surface area contributed by atoms with Crippen molar-refractivity contribution in [3.05, 3.63) is 24.3 Å². The maximum atomic E-state index is 12.0. The highest BCUT2D eigenvalue weighted by atomic mass is 16.5. The Morgan fingerprint density at radius 1 is 1.35 bits per heavy atom. The number of hydrogen-bond acceptors (Lipinski definition) is 3. The molecule has 0 aliphatic rings. The number of likely N-dealkylation sites (N-methyl/N-ethyl adjacent to an activating group) is 1. The van der Waals surface area contributed by atoms with E-state index in [9.17, 15) is 4.79 Å². The Morgan fingerprint density at radius 3 is 2.59 bits per heavy atom. The maximum absolute atomic E-state index is 12.0. The molecule has 4 nitrogen and oxygen atoms in total. The van der Waals surface area contributed by atoms with E-state index >= 15 is 0 Å². The largest absolute Gasteiger partial charge is 0.497 e. The van der Waals surface area contributed by atoms with Gasteiger partial charge in [0.05, 0.1) is 13.2 Å². The second-order valence-corrected chi connectivity index (χ2v) is 4.23. The average molecular weight is 236 g/mol. The first-order valence-electron chi connectivity index (χ1n) is 5.70. The van der Waals surface area contributed by atoms with Gasteiger partial charge in [0.25, 0.3) is 0 Å². The Kier molecular flexibility index (Phi) is 4.97. The molecule has 0 spiro atoms. The molecule has 1 amide bonds. The Balaban J connectivity index is 2.72. The standard InChI is InChI=1S/C13H20N2O2/c1-9(2)12(14-3)13(16)15-10-6-5-7-11(8-10)17-4/h5-9,12,14H,1-4H3,(H,15,16). The highest BCUT2D eigenvalue weighted by Gasteiger charge is 2.19. The van der Waals surface area contributed by atoms with Gasteiger partial charge in [-0.15, -0.1) is 0 Å². The molecule has 94 valence electrons. The van der Waals surface area contributed by atoms with Crippen LogP contribution in [0.25, 0.3) is 0 Å². The van der Waals surface area contributed by atoms with Crippen LogP contribution >= 0.6 is 0 Å². The van der Waals surface area contributed by atoms with Gasteiger partial charge < -0.3 is 15.4 Å². The minimum atomic E-state index is -0.193. The summed E-state index contributed by atoms with van der Waals surface area (Å²) in [6, 6.07) is 7.13. The van der Waals surface area contributed by atoms with Gasteiger partial charge in [0.2, 0.25) is 5.91 Å². The van der Waals surface area contributed by atoms with Crippen LogP contribution in [-0.4, -0.2) is 26.1 Å². The van der Waals surface area contributed by atoms with E-state index in [-0.39, 0.29) is 17.9 Å². The van der Waals surface area contributed by atoms with Crippen molar-refractivity contribution in [3.8, 4) is 5.75 Å². The molecule has 1 aromatic rings. The van der Waals surface area contributed by atoms with Crippen LogP contribution < -0.4 is 15.4 Å². The number of anilines is 1. The van der Waals surface area contributed by atoms with E-state index < -0.39 is 0 Å². The number of hydrogen-bond donors (Lipinski definition) is 2. The Hall–Kier alpha value is -1.55. The number of ether oxygens (including phenoxy) is 1. The van der Waals surface area contributed by atoms with Gasteiger partial charge in [0.1, 0.15) is 5.75 Å². The third-order valence-corrected chi connectivity index (χ3v) is 2.60. The number of amides is 1. The molecule has 0 saturated heterocycles. The molecule has 0 bridgehead atoms. The van der Waals surface area contributed by atoms with Gasteiger partial charge in [-0.1, -0.05) is 19.9 Å². The summed E-state index contributed by atoms with van der Waals surface area (Å²) < 4.78 is 5.10. The molecule has 0 aliphatic heterocycles. The van der Waals surface area contributed by atoms with Gasteiger partial charge in [-0.05, 0) is 25.1 Å². The van der Waals surface area contributed by atoms with Gasteiger partial charge in [0.15, 0.2) is 0 Å². The number of methoxy groups -OCH3 is 1. The van der Waals surface area contributed by atoms with E-state index in [0.29, 0.717) is 0 Å². The predicted octanol–water partition coefficient (Wildman–Crippen LogP) is 1.88. The molecule has 0 radical (unpaired) electrons. The Bertz CT molecular complexity index is 377. The van der Waals surface area contributed by atoms with Crippen LogP contribution in [0.4, 0.5) is 5.69 Å². The van der Waals surface area contributed by atoms with Crippen LogP contribution in [0.1, 0.15) is 13.8 Å². The van der Waals surface area contributed by atoms with Crippen molar-refractivity contribution < 1.29 is 9.53 Å². The van der Waals surface area contributed by atoms with E-state index in [1.807, 2.05) is 32.0 Å². The van der Waals surface area contributed by atoms with Crippen molar-refractivity contribution in [2.75, 3.05) is 19.5 Å². The predicted molar refractivity (Wildman–Crippen MR) is 69.3 cm³/mol. The summed E-state index contributed by atoms with van der Waals surface area (Å²) in [6.45, 7) is 4.01. The van der Waals surface area contributed by atoms with Crippen molar-refractivity contribution >= 4 is 11.6 Å². The smallest absolute Gasteiger partial charge is 0.241 e. The molecule has 0 saturated carbocycles. The summed E-state index contributed by atoms with van der Waals surface area (Å²) in [7, 11) is 3.39. The van der Waals surface area contributed by atoms with Crippen LogP contribution in [0.5, 0.6) is 5.75 Å². The van der Waals surface area contributed by atoms with E-state index in [1.54, 1.807) is 20.2 Å². The van der Waals surface area contributed by atoms with Gasteiger partial charge in [0, 0.05) is 11.8 Å². The summed E-state index contributed by atoms with van der Waals surface area (Å²) in [6.07, 6.45) is 0. The van der Waals surface area contributed by atoms with Crippen LogP contribution in [-0.2, 0) is 4.79 Å². The zero-order chi connectivity index (χ0) is 12.8. The molecule has 0 aromatic heterocycles. The van der Waals surface area contributed by atoms with E-state index in [4.69, 9.17) is 4.74 Å². The molecule has 1 atom stereocenters. The second kappa shape index (κ2) is 6.25. The lowest BCUT2D eigenvalue weighted by molar-refractivity contribution is -0.118. The summed E-state index contributed by atoms with van der Waals surface area (Å²) in [5.74, 6) is 0.940. The minimum Gasteiger partial charge on any atom is -0.497 e. The number of rotatable bonds is 5. The van der Waals surface area contributed by atoms with Gasteiger partial charge in [-0.3, -0.25) is 4.79 Å². The Labute approximate surface area is 102 Å². The van der Waals surface area contributed by atoms with Gasteiger partial charge in [-0.2, -0.15) is 0 Å². The lowest BCUT2D eigenvalue weighted by Gasteiger charge is -2.19. The summed E-state index contributed by atoms with van der Waals surface area (Å²) in [5, 5.41) is 5.87. The lowest BCUT2D eigenvalue weighted by Crippen LogP contribution is -2.42. The molecule has 4 heteroatoms. The van der Waals surface area contributed by atoms with Crippen molar-refractivity contribution in [3.63, 3.8) is 0 Å². The molecule has 1 aromatic carbocycles. The molecule has 1 rings (SSSR count). The monoisotopic (exact) mass is 236 g/mol. The Morgan fingerprint density at radius 2 is 2.06 bits per heavy atom. The fraction of sp³-hybridized carbons (Fsp3) is 0.462. The molecular formula is C13H20N2O2. The lowest BCUT2D eigenvalue weighted by atomic mass is 10.0. The molecule has 0 heterocycles. The second-order valence-electron chi connectivity index (χ2n) is 4.23. The van der Waals surface area contributed by atoms with Crippen molar-refractivity contribution in [1.29, 1.82) is 0 Å². The quantitative estimate of drug-likeness (QED) is 0.820. The molecule has 17 heavy (non-hydrogen) atoms. The number of carbonyl (C=O) groups is 1. The summed E-state index contributed by atoms with van der Waals surface area (Å²) in [4.78, 5) is 12.0. The summed E-state index contributed by atoms with van der Waals surface area (Å²) >= 11 is 0. The highest BCUT2D eigenvalue weighted by molar-refractivity contribution is 5.95. The van der Waals surface area contributed by atoms with Crippen LogP contribution in [0.2, 0.25) is 0 Å². The molecule has 0 fully saturated rings. The van der Waals surface area contributed by atoms with Crippen LogP contribution in [0, 0.1) is 5.92 Å². The number of nitrogens with one attached hydrogen (secondary N) is 2. The number of benzene rings is 1.